The van der Waals surface area contributed by atoms with E-state index < -0.39 is 0 Å². The molecule has 48 valence electrons. The van der Waals surface area contributed by atoms with E-state index in [-0.39, 0.29) is 7.43 Å². The van der Waals surface area contributed by atoms with Crippen LogP contribution in [-0.2, 0) is 17.9 Å². The van der Waals surface area contributed by atoms with Gasteiger partial charge in [-0.05, 0) is 0 Å². The molecule has 0 aliphatic rings. The van der Waals surface area contributed by atoms with Gasteiger partial charge in [-0.2, -0.15) is 0 Å². The Hall–Kier alpha value is -0.227. The third-order valence-corrected chi connectivity index (χ3v) is 1.45. The van der Waals surface area contributed by atoms with Crippen LogP contribution in [0.2, 0.25) is 0 Å². The number of rotatable bonds is 2. The van der Waals surface area contributed by atoms with E-state index in [4.69, 9.17) is 11.7 Å². The predicted molar refractivity (Wildman–Crippen MR) is 36.7 cm³/mol. The summed E-state index contributed by atoms with van der Waals surface area (Å²) in [6.07, 6.45) is 2.81. The van der Waals surface area contributed by atoms with Gasteiger partial charge >= 0.3 is 58.5 Å². The summed E-state index contributed by atoms with van der Waals surface area (Å²) in [5.74, 6) is 0.299. The van der Waals surface area contributed by atoms with Crippen LogP contribution in [0, 0.1) is 14.0 Å². The van der Waals surface area contributed by atoms with Crippen LogP contribution in [-0.4, -0.2) is 9.21 Å². The largest absolute Gasteiger partial charge is 0.358 e. The number of aliphatic hydroxyl groups is 1. The summed E-state index contributed by atoms with van der Waals surface area (Å²) in [7, 11) is 0. The maximum atomic E-state index is 8.87. The van der Waals surface area contributed by atoms with Gasteiger partial charge in [0.05, 0.1) is 0 Å². The Balaban J connectivity index is 0. The van der Waals surface area contributed by atoms with Gasteiger partial charge in [-0.15, -0.1) is 0 Å². The zero-order valence-corrected chi connectivity index (χ0v) is 8.85. The average molecular weight is 176 g/mol. The molecule has 0 aromatic carbocycles. The molecule has 0 amide bonds. The first-order chi connectivity index (χ1) is 3.68. The molecule has 0 aromatic rings. The van der Waals surface area contributed by atoms with E-state index in [1.807, 2.05) is 6.92 Å². The summed E-state index contributed by atoms with van der Waals surface area (Å²) in [5, 5.41) is 8.87. The van der Waals surface area contributed by atoms with Crippen molar-refractivity contribution in [3.8, 4) is 0 Å². The zero-order chi connectivity index (χ0) is 6.57. The topological polar surface area (TPSA) is 20.2 Å². The first kappa shape index (κ1) is 11.6. The molecule has 2 heteroatoms. The average Bonchev–Trinajstić information content (AvgIpc) is 1.67. The second-order valence-corrected chi connectivity index (χ2v) is 3.75. The molecule has 0 unspecified atom stereocenters. The van der Waals surface area contributed by atoms with Crippen molar-refractivity contribution in [2.45, 2.75) is 6.92 Å². The normalized spacial score (nSPS) is 9.89. The zero-order valence-electron chi connectivity index (χ0n) is 5.89. The van der Waals surface area contributed by atoms with Crippen molar-refractivity contribution in [1.82, 2.24) is 0 Å². The van der Waals surface area contributed by atoms with Gasteiger partial charge in [0.1, 0.15) is 0 Å². The van der Waals surface area contributed by atoms with E-state index in [2.05, 4.69) is 0 Å². The standard InChI is InChI=1S/C6H7O.CH3.Zn/c1-3-5-6(7)4-2;;/h1,3,5,7H,2H3;1H3;/q2*-1;/b6-5+;;. The summed E-state index contributed by atoms with van der Waals surface area (Å²) in [6.45, 7) is 6.88. The second-order valence-electron chi connectivity index (χ2n) is 1.52. The van der Waals surface area contributed by atoms with Crippen molar-refractivity contribution in [1.29, 1.82) is 0 Å². The van der Waals surface area contributed by atoms with Gasteiger partial charge in [-0.3, -0.25) is 0 Å². The Morgan fingerprint density at radius 1 is 1.67 bits per heavy atom. The minimum Gasteiger partial charge on any atom is -0.358 e. The van der Waals surface area contributed by atoms with Crippen LogP contribution in [0.4, 0.5) is 0 Å². The van der Waals surface area contributed by atoms with Crippen LogP contribution in [0.15, 0.2) is 17.9 Å². The number of hydrogen-bond acceptors (Lipinski definition) is 1. The maximum absolute atomic E-state index is 8.87. The van der Waals surface area contributed by atoms with Gasteiger partial charge < -0.3 is 7.43 Å². The third kappa shape index (κ3) is 5.65. The van der Waals surface area contributed by atoms with Crippen molar-refractivity contribution >= 4 is 4.11 Å². The molecule has 0 rings (SSSR count). The molecule has 9 heavy (non-hydrogen) atoms. The van der Waals surface area contributed by atoms with E-state index in [0.717, 1.165) is 22.0 Å². The smallest absolute Gasteiger partial charge is 0.358 e. The Morgan fingerprint density at radius 3 is 2.22 bits per heavy atom. The van der Waals surface area contributed by atoms with Crippen LogP contribution < -0.4 is 0 Å². The number of hydrogen-bond donors (Lipinski definition) is 1. The molecule has 0 heterocycles. The van der Waals surface area contributed by atoms with E-state index in [1.165, 1.54) is 12.2 Å². The molecule has 0 spiro atoms. The summed E-state index contributed by atoms with van der Waals surface area (Å²) >= 11 is 0.982. The van der Waals surface area contributed by atoms with Crippen LogP contribution in [0.25, 0.3) is 0 Å². The van der Waals surface area contributed by atoms with Gasteiger partial charge in [0.2, 0.25) is 0 Å². The summed E-state index contributed by atoms with van der Waals surface area (Å²) in [6, 6.07) is 0. The molecule has 0 saturated heterocycles. The molecule has 0 fully saturated rings. The molecule has 0 aliphatic carbocycles. The minimum atomic E-state index is 0. The van der Waals surface area contributed by atoms with Crippen LogP contribution >= 0.6 is 0 Å². The van der Waals surface area contributed by atoms with E-state index >= 15 is 0 Å². The second kappa shape index (κ2) is 5.90. The molecule has 1 nitrogen and oxygen atoms in total. The number of allylic oxidation sites excluding steroid dienone is 3. The van der Waals surface area contributed by atoms with Crippen molar-refractivity contribution in [2.75, 3.05) is 0 Å². The van der Waals surface area contributed by atoms with E-state index in [9.17, 15) is 0 Å². The Morgan fingerprint density at radius 2 is 2.11 bits per heavy atom. The Bertz CT molecular complexity index is 136. The van der Waals surface area contributed by atoms with Gasteiger partial charge in [0, 0.05) is 0 Å². The fourth-order valence-corrected chi connectivity index (χ4v) is 0.481. The molecular weight excluding hydrogens is 165 g/mol. The molecule has 0 aliphatic heterocycles. The van der Waals surface area contributed by atoms with Crippen molar-refractivity contribution in [3.05, 3.63) is 31.9 Å². The van der Waals surface area contributed by atoms with Crippen molar-refractivity contribution < 1.29 is 23.0 Å². The summed E-state index contributed by atoms with van der Waals surface area (Å²) in [4.78, 5) is 0. The Labute approximate surface area is 66.3 Å². The first-order valence-electron chi connectivity index (χ1n) is 2.28. The van der Waals surface area contributed by atoms with Gasteiger partial charge in [-0.1, -0.05) is 0 Å². The molecule has 0 bridgehead atoms. The Kier molecular flexibility index (Phi) is 7.58. The molecular formula is C7H10OZn-2. The van der Waals surface area contributed by atoms with E-state index in [0.29, 0.717) is 5.76 Å². The SMILES string of the molecule is [CH-]=C/C=C(/O)[C](C)=[Zn].[CH3-]. The minimum absolute atomic E-state index is 0. The third-order valence-electron chi connectivity index (χ3n) is 0.691. The van der Waals surface area contributed by atoms with Crippen molar-refractivity contribution in [2.24, 2.45) is 0 Å². The van der Waals surface area contributed by atoms with Crippen LogP contribution in [0.3, 0.4) is 0 Å². The maximum Gasteiger partial charge on any atom is -0.358 e. The van der Waals surface area contributed by atoms with E-state index in [1.54, 1.807) is 0 Å². The fourth-order valence-electron chi connectivity index (χ4n) is 0.233. The number of aliphatic hydroxyl groups excluding tert-OH is 1. The molecule has 0 aromatic heterocycles. The quantitative estimate of drug-likeness (QED) is 0.293. The fraction of sp³-hybridized carbons (Fsp3) is 0.143. The van der Waals surface area contributed by atoms with Crippen LogP contribution in [0.1, 0.15) is 6.92 Å². The summed E-state index contributed by atoms with van der Waals surface area (Å²) in [5.41, 5.74) is 0. The van der Waals surface area contributed by atoms with Gasteiger partial charge in [0.15, 0.2) is 0 Å². The molecule has 0 atom stereocenters. The summed E-state index contributed by atoms with van der Waals surface area (Å²) < 4.78 is 0.992. The van der Waals surface area contributed by atoms with Gasteiger partial charge in [0.25, 0.3) is 0 Å². The van der Waals surface area contributed by atoms with Crippen molar-refractivity contribution in [3.63, 3.8) is 0 Å². The van der Waals surface area contributed by atoms with Gasteiger partial charge in [-0.25, -0.2) is 0 Å². The predicted octanol–water partition coefficient (Wildman–Crippen LogP) is 1.61. The first-order valence-corrected chi connectivity index (χ1v) is 3.77. The molecule has 1 N–H and O–H groups in total. The molecule has 0 saturated carbocycles. The monoisotopic (exact) mass is 174 g/mol. The van der Waals surface area contributed by atoms with Crippen LogP contribution in [0.5, 0.6) is 0 Å². The molecule has 0 radical (unpaired) electrons.